The van der Waals surface area contributed by atoms with Gasteiger partial charge in [-0.05, 0) is 19.4 Å². The Kier molecular flexibility index (Phi) is 4.49. The maximum absolute atomic E-state index is 12.3. The molecule has 0 aromatic heterocycles. The number of nitrogens with zero attached hydrogens (tertiary/aromatic N) is 1. The maximum Gasteiger partial charge on any atom is 0.325 e. The van der Waals surface area contributed by atoms with Crippen molar-refractivity contribution in [3.63, 3.8) is 0 Å². The predicted octanol–water partition coefficient (Wildman–Crippen LogP) is 1.61. The first kappa shape index (κ1) is 16.0. The van der Waals surface area contributed by atoms with E-state index in [-0.39, 0.29) is 31.5 Å². The molecule has 1 aliphatic heterocycles. The van der Waals surface area contributed by atoms with Gasteiger partial charge in [0.2, 0.25) is 5.91 Å². The summed E-state index contributed by atoms with van der Waals surface area (Å²) in [5, 5.41) is 9.47. The van der Waals surface area contributed by atoms with Crippen LogP contribution < -0.4 is 0 Å². The highest BCUT2D eigenvalue weighted by molar-refractivity contribution is 6.05. The van der Waals surface area contributed by atoms with Gasteiger partial charge in [-0.25, -0.2) is 0 Å². The number of esters is 1. The molecule has 1 fully saturated rings. The summed E-state index contributed by atoms with van der Waals surface area (Å²) in [5.41, 5.74) is -0.920. The number of benzene rings is 1. The Morgan fingerprint density at radius 2 is 2.00 bits per heavy atom. The fourth-order valence-electron chi connectivity index (χ4n) is 2.70. The molecule has 1 aliphatic rings. The van der Waals surface area contributed by atoms with Gasteiger partial charge in [0.15, 0.2) is 5.41 Å². The molecule has 2 atom stereocenters. The molecule has 0 saturated carbocycles. The van der Waals surface area contributed by atoms with Crippen molar-refractivity contribution in [2.45, 2.75) is 26.3 Å². The zero-order chi connectivity index (χ0) is 16.3. The van der Waals surface area contributed by atoms with E-state index >= 15 is 0 Å². The molecule has 1 N–H and O–H groups in total. The molecule has 0 unspecified atom stereocenters. The fourth-order valence-corrected chi connectivity index (χ4v) is 2.70. The molecule has 0 radical (unpaired) electrons. The topological polar surface area (TPSA) is 83.9 Å². The molecule has 22 heavy (non-hydrogen) atoms. The maximum atomic E-state index is 12.3. The third-order valence-electron chi connectivity index (χ3n) is 4.04. The van der Waals surface area contributed by atoms with Crippen molar-refractivity contribution in [3.8, 4) is 0 Å². The molecule has 1 saturated heterocycles. The molecule has 6 heteroatoms. The Hall–Kier alpha value is -2.37. The first-order valence-corrected chi connectivity index (χ1v) is 7.17. The number of hydrogen-bond donors (Lipinski definition) is 1. The SMILES string of the molecule is CCOC(=O)[C@]1(C(=O)O)CC(=O)N([C@@H](C)c2ccccc2)C1. The number of carboxylic acid groups (broad SMARTS) is 1. The van der Waals surface area contributed by atoms with Crippen molar-refractivity contribution in [2.24, 2.45) is 5.41 Å². The van der Waals surface area contributed by atoms with E-state index in [1.807, 2.05) is 37.3 Å². The van der Waals surface area contributed by atoms with Gasteiger partial charge in [-0.2, -0.15) is 0 Å². The molecule has 2 rings (SSSR count). The fraction of sp³-hybridized carbons (Fsp3) is 0.438. The van der Waals surface area contributed by atoms with Gasteiger partial charge in [0.05, 0.1) is 19.1 Å². The van der Waals surface area contributed by atoms with Crippen molar-refractivity contribution in [1.82, 2.24) is 4.90 Å². The lowest BCUT2D eigenvalue weighted by Crippen LogP contribution is -2.43. The Bertz CT molecular complexity index is 585. The molecule has 0 bridgehead atoms. The number of carbonyl (C=O) groups is 3. The second-order valence-electron chi connectivity index (χ2n) is 5.39. The third kappa shape index (κ3) is 2.68. The Morgan fingerprint density at radius 1 is 1.36 bits per heavy atom. The molecule has 6 nitrogen and oxygen atoms in total. The van der Waals surface area contributed by atoms with Crippen LogP contribution in [0, 0.1) is 5.41 Å². The monoisotopic (exact) mass is 305 g/mol. The van der Waals surface area contributed by atoms with Crippen molar-refractivity contribution in [3.05, 3.63) is 35.9 Å². The summed E-state index contributed by atoms with van der Waals surface area (Å²) < 4.78 is 4.87. The van der Waals surface area contributed by atoms with Crippen LogP contribution >= 0.6 is 0 Å². The molecule has 1 aromatic carbocycles. The lowest BCUT2D eigenvalue weighted by Gasteiger charge is -2.27. The number of hydrogen-bond acceptors (Lipinski definition) is 4. The van der Waals surface area contributed by atoms with E-state index in [2.05, 4.69) is 0 Å². The predicted molar refractivity (Wildman–Crippen MR) is 77.9 cm³/mol. The standard InChI is InChI=1S/C16H19NO5/c1-3-22-15(21)16(14(19)20)9-13(18)17(10-16)11(2)12-7-5-4-6-8-12/h4-8,11H,3,9-10H2,1-2H3,(H,19,20)/t11-,16+/m0/s1. The molecule has 1 amide bonds. The van der Waals surface area contributed by atoms with Crippen molar-refractivity contribution >= 4 is 17.8 Å². The van der Waals surface area contributed by atoms with E-state index in [0.717, 1.165) is 5.56 Å². The summed E-state index contributed by atoms with van der Waals surface area (Å²) in [6, 6.07) is 8.99. The van der Waals surface area contributed by atoms with Gasteiger partial charge < -0.3 is 14.7 Å². The molecule has 0 spiro atoms. The van der Waals surface area contributed by atoms with Crippen molar-refractivity contribution < 1.29 is 24.2 Å². The summed E-state index contributed by atoms with van der Waals surface area (Å²) in [6.45, 7) is 3.33. The van der Waals surface area contributed by atoms with Crippen LogP contribution in [0.15, 0.2) is 30.3 Å². The molecule has 1 aromatic rings. The van der Waals surface area contributed by atoms with Crippen molar-refractivity contribution in [1.29, 1.82) is 0 Å². The minimum Gasteiger partial charge on any atom is -0.480 e. The number of carbonyl (C=O) groups excluding carboxylic acids is 2. The van der Waals surface area contributed by atoms with Crippen LogP contribution in [0.25, 0.3) is 0 Å². The molecule has 1 heterocycles. The summed E-state index contributed by atoms with van der Waals surface area (Å²) >= 11 is 0. The first-order valence-electron chi connectivity index (χ1n) is 7.17. The van der Waals surface area contributed by atoms with E-state index in [0.29, 0.717) is 0 Å². The summed E-state index contributed by atoms with van der Waals surface area (Å²) in [7, 11) is 0. The zero-order valence-corrected chi connectivity index (χ0v) is 12.6. The highest BCUT2D eigenvalue weighted by Gasteiger charge is 2.57. The normalized spacial score (nSPS) is 22.5. The number of amides is 1. The van der Waals surface area contributed by atoms with Crippen LogP contribution in [0.4, 0.5) is 0 Å². The number of rotatable bonds is 5. The summed E-state index contributed by atoms with van der Waals surface area (Å²) in [4.78, 5) is 37.4. The van der Waals surface area contributed by atoms with Crippen LogP contribution in [-0.4, -0.2) is 41.0 Å². The highest BCUT2D eigenvalue weighted by Crippen LogP contribution is 2.37. The second-order valence-corrected chi connectivity index (χ2v) is 5.39. The molecule has 118 valence electrons. The van der Waals surface area contributed by atoms with E-state index in [4.69, 9.17) is 4.74 Å². The summed E-state index contributed by atoms with van der Waals surface area (Å²) in [6.07, 6.45) is -0.363. The Labute approximate surface area is 128 Å². The van der Waals surface area contributed by atoms with Gasteiger partial charge >= 0.3 is 11.9 Å². The number of ether oxygens (including phenoxy) is 1. The van der Waals surface area contributed by atoms with E-state index in [1.54, 1.807) is 6.92 Å². The van der Waals surface area contributed by atoms with Crippen LogP contribution in [0.3, 0.4) is 0 Å². The highest BCUT2D eigenvalue weighted by atomic mass is 16.5. The van der Waals surface area contributed by atoms with Crippen molar-refractivity contribution in [2.75, 3.05) is 13.2 Å². The Balaban J connectivity index is 2.28. The number of carboxylic acids is 1. The lowest BCUT2D eigenvalue weighted by atomic mass is 9.87. The van der Waals surface area contributed by atoms with Gasteiger partial charge in [-0.3, -0.25) is 14.4 Å². The zero-order valence-electron chi connectivity index (χ0n) is 12.6. The molecular formula is C16H19NO5. The quantitative estimate of drug-likeness (QED) is 0.660. The smallest absolute Gasteiger partial charge is 0.325 e. The number of likely N-dealkylation sites (tertiary alicyclic amines) is 1. The summed E-state index contributed by atoms with van der Waals surface area (Å²) in [5.74, 6) is -2.52. The van der Waals surface area contributed by atoms with E-state index < -0.39 is 17.4 Å². The van der Waals surface area contributed by atoms with Crippen LogP contribution in [0.5, 0.6) is 0 Å². The number of aliphatic carboxylic acids is 1. The minimum absolute atomic E-state index is 0.0797. The van der Waals surface area contributed by atoms with Gasteiger partial charge in [0.25, 0.3) is 0 Å². The molecule has 0 aliphatic carbocycles. The van der Waals surface area contributed by atoms with Crippen LogP contribution in [-0.2, 0) is 19.1 Å². The first-order chi connectivity index (χ1) is 10.4. The van der Waals surface area contributed by atoms with E-state index in [9.17, 15) is 19.5 Å². The van der Waals surface area contributed by atoms with E-state index in [1.165, 1.54) is 4.90 Å². The van der Waals surface area contributed by atoms with Gasteiger partial charge in [0, 0.05) is 6.54 Å². The lowest BCUT2D eigenvalue weighted by molar-refractivity contribution is -0.167. The third-order valence-corrected chi connectivity index (χ3v) is 4.04. The average Bonchev–Trinajstić information content (AvgIpc) is 2.87. The second kappa shape index (κ2) is 6.17. The van der Waals surface area contributed by atoms with Crippen LogP contribution in [0.2, 0.25) is 0 Å². The Morgan fingerprint density at radius 3 is 2.55 bits per heavy atom. The minimum atomic E-state index is -1.81. The van der Waals surface area contributed by atoms with Crippen LogP contribution in [0.1, 0.15) is 31.9 Å². The van der Waals surface area contributed by atoms with Gasteiger partial charge in [-0.15, -0.1) is 0 Å². The van der Waals surface area contributed by atoms with Gasteiger partial charge in [-0.1, -0.05) is 30.3 Å². The van der Waals surface area contributed by atoms with Gasteiger partial charge in [0.1, 0.15) is 0 Å². The average molecular weight is 305 g/mol. The molecular weight excluding hydrogens is 286 g/mol. The largest absolute Gasteiger partial charge is 0.480 e.